The van der Waals surface area contributed by atoms with Crippen LogP contribution in [-0.4, -0.2) is 37.0 Å². The van der Waals surface area contributed by atoms with Crippen LogP contribution < -0.4 is 9.46 Å². The van der Waals surface area contributed by atoms with Crippen molar-refractivity contribution >= 4 is 21.9 Å². The van der Waals surface area contributed by atoms with Gasteiger partial charge in [-0.15, -0.1) is 0 Å². The number of benzene rings is 2. The lowest BCUT2D eigenvalue weighted by Gasteiger charge is -2.33. The number of anilines is 1. The van der Waals surface area contributed by atoms with Crippen molar-refractivity contribution in [2.75, 3.05) is 11.8 Å². The maximum absolute atomic E-state index is 12.8. The van der Waals surface area contributed by atoms with Gasteiger partial charge in [-0.1, -0.05) is 24.3 Å². The van der Waals surface area contributed by atoms with Crippen LogP contribution in [0.15, 0.2) is 48.5 Å². The molecule has 0 saturated heterocycles. The van der Waals surface area contributed by atoms with Crippen molar-refractivity contribution < 1.29 is 23.1 Å². The van der Waals surface area contributed by atoms with E-state index in [2.05, 4.69) is 4.72 Å². The van der Waals surface area contributed by atoms with Crippen molar-refractivity contribution in [1.82, 2.24) is 4.31 Å². The van der Waals surface area contributed by atoms with Gasteiger partial charge in [0.1, 0.15) is 11.8 Å². The molecule has 0 aliphatic carbocycles. The summed E-state index contributed by atoms with van der Waals surface area (Å²) < 4.78 is 34.0. The van der Waals surface area contributed by atoms with E-state index in [1.807, 2.05) is 24.3 Å². The molecule has 2 N–H and O–H groups in total. The number of methoxy groups -OCH3 is 1. The lowest BCUT2D eigenvalue weighted by atomic mass is 9.96. The van der Waals surface area contributed by atoms with E-state index in [0.29, 0.717) is 11.4 Å². The van der Waals surface area contributed by atoms with Gasteiger partial charge in [0.25, 0.3) is 0 Å². The normalized spacial score (nSPS) is 17.6. The van der Waals surface area contributed by atoms with E-state index in [1.165, 1.54) is 7.11 Å². The molecule has 3 rings (SSSR count). The molecule has 0 saturated carbocycles. The average Bonchev–Trinajstić information content (AvgIpc) is 2.61. The summed E-state index contributed by atoms with van der Waals surface area (Å²) in [7, 11) is -2.52. The van der Waals surface area contributed by atoms with Crippen molar-refractivity contribution in [3.8, 4) is 5.75 Å². The number of rotatable bonds is 5. The number of ether oxygens (including phenoxy) is 1. The van der Waals surface area contributed by atoms with Crippen LogP contribution in [0.4, 0.5) is 5.69 Å². The van der Waals surface area contributed by atoms with Gasteiger partial charge < -0.3 is 9.84 Å². The minimum absolute atomic E-state index is 0.0125. The minimum Gasteiger partial charge on any atom is -0.497 e. The highest BCUT2D eigenvalue weighted by Gasteiger charge is 2.38. The predicted octanol–water partition coefficient (Wildman–Crippen LogP) is 1.86. The first-order valence-corrected chi connectivity index (χ1v) is 9.08. The fraction of sp³-hybridized carbons (Fsp3) is 0.235. The van der Waals surface area contributed by atoms with Gasteiger partial charge in [-0.05, 0) is 35.4 Å². The summed E-state index contributed by atoms with van der Waals surface area (Å²) in [5.74, 6) is -0.576. The highest BCUT2D eigenvalue weighted by molar-refractivity contribution is 7.90. The SMILES string of the molecule is COc1ccc(NS(=O)(=O)N2Cc3ccccc3C[C@@H]2C(=O)O)cc1. The number of nitrogens with zero attached hydrogens (tertiary/aromatic N) is 1. The molecule has 0 radical (unpaired) electrons. The average molecular weight is 362 g/mol. The molecule has 132 valence electrons. The third-order valence-corrected chi connectivity index (χ3v) is 5.63. The molecule has 2 aromatic rings. The van der Waals surface area contributed by atoms with Crippen molar-refractivity contribution in [3.05, 3.63) is 59.7 Å². The van der Waals surface area contributed by atoms with E-state index >= 15 is 0 Å². The lowest BCUT2D eigenvalue weighted by molar-refractivity contribution is -0.141. The number of fused-ring (bicyclic) bond motifs is 1. The number of carbonyl (C=O) groups is 1. The van der Waals surface area contributed by atoms with Crippen LogP contribution in [-0.2, 0) is 28.0 Å². The number of carboxylic acid groups (broad SMARTS) is 1. The zero-order valence-corrected chi connectivity index (χ0v) is 14.4. The van der Waals surface area contributed by atoms with E-state index < -0.39 is 22.2 Å². The standard InChI is InChI=1S/C17H18N2O5S/c1-24-15-8-6-14(7-9-15)18-25(22,23)19-11-13-5-3-2-4-12(13)10-16(19)17(20)21/h2-9,16,18H,10-11H2,1H3,(H,20,21)/t16-/m1/s1. The summed E-state index contributed by atoms with van der Waals surface area (Å²) in [6.45, 7) is 0.0125. The summed E-state index contributed by atoms with van der Waals surface area (Å²) in [5.41, 5.74) is 2.00. The Hall–Kier alpha value is -2.58. The number of hydrogen-bond donors (Lipinski definition) is 2. The molecule has 0 aromatic heterocycles. The van der Waals surface area contributed by atoms with E-state index in [-0.39, 0.29) is 13.0 Å². The molecule has 1 aliphatic rings. The number of aliphatic carboxylic acids is 1. The van der Waals surface area contributed by atoms with E-state index in [4.69, 9.17) is 4.74 Å². The Balaban J connectivity index is 1.89. The number of carboxylic acids is 1. The Morgan fingerprint density at radius 3 is 2.40 bits per heavy atom. The van der Waals surface area contributed by atoms with Crippen LogP contribution in [0.25, 0.3) is 0 Å². The Bertz CT molecular complexity index is 880. The number of hydrogen-bond acceptors (Lipinski definition) is 4. The van der Waals surface area contributed by atoms with Crippen LogP contribution in [0.5, 0.6) is 5.75 Å². The summed E-state index contributed by atoms with van der Waals surface area (Å²) in [5, 5.41) is 9.48. The summed E-state index contributed by atoms with van der Waals surface area (Å²) >= 11 is 0. The summed E-state index contributed by atoms with van der Waals surface area (Å²) in [4.78, 5) is 11.6. The Morgan fingerprint density at radius 1 is 1.16 bits per heavy atom. The quantitative estimate of drug-likeness (QED) is 0.846. The number of nitrogens with one attached hydrogen (secondary N) is 1. The van der Waals surface area contributed by atoms with Crippen molar-refractivity contribution in [2.45, 2.75) is 19.0 Å². The van der Waals surface area contributed by atoms with Crippen molar-refractivity contribution in [2.24, 2.45) is 0 Å². The fourth-order valence-electron chi connectivity index (χ4n) is 2.83. The van der Waals surface area contributed by atoms with Gasteiger partial charge in [-0.2, -0.15) is 12.7 Å². The monoisotopic (exact) mass is 362 g/mol. The zero-order chi connectivity index (χ0) is 18.0. The molecule has 1 atom stereocenters. The van der Waals surface area contributed by atoms with E-state index in [9.17, 15) is 18.3 Å². The predicted molar refractivity (Wildman–Crippen MR) is 92.6 cm³/mol. The molecule has 1 heterocycles. The summed E-state index contributed by atoms with van der Waals surface area (Å²) in [6, 6.07) is 12.5. The molecule has 8 heteroatoms. The molecular formula is C17H18N2O5S. The van der Waals surface area contributed by atoms with Gasteiger partial charge in [0, 0.05) is 13.0 Å². The molecular weight excluding hydrogens is 344 g/mol. The molecule has 0 amide bonds. The van der Waals surface area contributed by atoms with Gasteiger partial charge in [0.15, 0.2) is 0 Å². The first kappa shape index (κ1) is 17.2. The van der Waals surface area contributed by atoms with Crippen LogP contribution in [0.1, 0.15) is 11.1 Å². The third kappa shape index (κ3) is 3.59. The molecule has 0 spiro atoms. The Labute approximate surface area is 146 Å². The van der Waals surface area contributed by atoms with Crippen LogP contribution in [0.2, 0.25) is 0 Å². The Kier molecular flexibility index (Phi) is 4.65. The molecule has 25 heavy (non-hydrogen) atoms. The zero-order valence-electron chi connectivity index (χ0n) is 13.5. The van der Waals surface area contributed by atoms with Crippen molar-refractivity contribution in [3.63, 3.8) is 0 Å². The van der Waals surface area contributed by atoms with Gasteiger partial charge in [0.2, 0.25) is 0 Å². The lowest BCUT2D eigenvalue weighted by Crippen LogP contribution is -2.50. The first-order valence-electron chi connectivity index (χ1n) is 7.64. The molecule has 7 nitrogen and oxygen atoms in total. The molecule has 0 unspecified atom stereocenters. The maximum Gasteiger partial charge on any atom is 0.322 e. The fourth-order valence-corrected chi connectivity index (χ4v) is 4.19. The Morgan fingerprint density at radius 2 is 1.80 bits per heavy atom. The first-order chi connectivity index (χ1) is 11.9. The van der Waals surface area contributed by atoms with Gasteiger partial charge in [0.05, 0.1) is 12.8 Å². The molecule has 0 fully saturated rings. The second kappa shape index (κ2) is 6.73. The van der Waals surface area contributed by atoms with Crippen LogP contribution in [0.3, 0.4) is 0 Å². The topological polar surface area (TPSA) is 95.9 Å². The third-order valence-electron chi connectivity index (χ3n) is 4.14. The van der Waals surface area contributed by atoms with E-state index in [1.54, 1.807) is 24.3 Å². The highest BCUT2D eigenvalue weighted by atomic mass is 32.2. The van der Waals surface area contributed by atoms with Crippen LogP contribution in [0, 0.1) is 0 Å². The largest absolute Gasteiger partial charge is 0.497 e. The smallest absolute Gasteiger partial charge is 0.322 e. The minimum atomic E-state index is -4.03. The molecule has 1 aliphatic heterocycles. The van der Waals surface area contributed by atoms with Gasteiger partial charge in [-0.25, -0.2) is 0 Å². The second-order valence-corrected chi connectivity index (χ2v) is 7.33. The van der Waals surface area contributed by atoms with E-state index in [0.717, 1.165) is 15.4 Å². The highest BCUT2D eigenvalue weighted by Crippen LogP contribution is 2.27. The summed E-state index contributed by atoms with van der Waals surface area (Å²) in [6.07, 6.45) is 0.134. The maximum atomic E-state index is 12.8. The van der Waals surface area contributed by atoms with Crippen LogP contribution >= 0.6 is 0 Å². The molecule has 0 bridgehead atoms. The molecule has 2 aromatic carbocycles. The van der Waals surface area contributed by atoms with Gasteiger partial charge >= 0.3 is 16.2 Å². The van der Waals surface area contributed by atoms with Gasteiger partial charge in [-0.3, -0.25) is 9.52 Å². The second-order valence-electron chi connectivity index (χ2n) is 5.71. The van der Waals surface area contributed by atoms with Crippen molar-refractivity contribution in [1.29, 1.82) is 0 Å².